The van der Waals surface area contributed by atoms with Crippen molar-refractivity contribution >= 4 is 17.7 Å². The monoisotopic (exact) mass is 588 g/mol. The van der Waals surface area contributed by atoms with Crippen LogP contribution in [0.15, 0.2) is 24.3 Å². The second-order valence-corrected chi connectivity index (χ2v) is 13.1. The first-order chi connectivity index (χ1) is 19.9. The van der Waals surface area contributed by atoms with Crippen molar-refractivity contribution in [3.05, 3.63) is 29.8 Å². The van der Waals surface area contributed by atoms with Gasteiger partial charge >= 0.3 is 0 Å². The summed E-state index contributed by atoms with van der Waals surface area (Å²) >= 11 is 0. The van der Waals surface area contributed by atoms with E-state index in [-0.39, 0.29) is 48.7 Å². The number of rotatable bonds is 3. The van der Waals surface area contributed by atoms with Crippen molar-refractivity contribution < 1.29 is 38.8 Å². The van der Waals surface area contributed by atoms with Crippen molar-refractivity contribution in [3.63, 3.8) is 0 Å². The lowest BCUT2D eigenvalue weighted by atomic mass is 9.95. The molecule has 5 rings (SSSR count). The van der Waals surface area contributed by atoms with E-state index >= 15 is 0 Å². The quantitative estimate of drug-likeness (QED) is 0.440. The number of ether oxygens (including phenoxy) is 3. The van der Waals surface area contributed by atoms with Gasteiger partial charge in [-0.3, -0.25) is 19.3 Å². The molecule has 12 heteroatoms. The largest absolute Gasteiger partial charge is 0.497 e. The second-order valence-electron chi connectivity index (χ2n) is 13.1. The molecule has 42 heavy (non-hydrogen) atoms. The van der Waals surface area contributed by atoms with E-state index in [9.17, 15) is 24.6 Å². The molecule has 0 radical (unpaired) electrons. The smallest absolute Gasteiger partial charge is 0.254 e. The average molecular weight is 589 g/mol. The van der Waals surface area contributed by atoms with Crippen LogP contribution < -0.4 is 10.1 Å². The first-order valence-corrected chi connectivity index (χ1v) is 14.8. The summed E-state index contributed by atoms with van der Waals surface area (Å²) in [6.45, 7) is 8.79. The van der Waals surface area contributed by atoms with E-state index in [1.165, 1.54) is 4.90 Å². The third-order valence-corrected chi connectivity index (χ3v) is 8.48. The summed E-state index contributed by atoms with van der Waals surface area (Å²) < 4.78 is 17.3. The average Bonchev–Trinajstić information content (AvgIpc) is 3.45. The van der Waals surface area contributed by atoms with Gasteiger partial charge in [0.25, 0.3) is 5.91 Å². The number of fused-ring (bicyclic) bond motifs is 6. The molecule has 0 aliphatic carbocycles. The molecule has 4 fully saturated rings. The van der Waals surface area contributed by atoms with Crippen LogP contribution in [-0.4, -0.2) is 138 Å². The molecule has 0 spiro atoms. The van der Waals surface area contributed by atoms with Crippen molar-refractivity contribution in [3.8, 4) is 5.75 Å². The van der Waals surface area contributed by atoms with Crippen LogP contribution in [0.3, 0.4) is 0 Å². The number of hydrogen-bond acceptors (Lipinski definition) is 9. The molecule has 1 aromatic rings. The number of hydrogen-bond donors (Lipinski definition) is 3. The zero-order valence-electron chi connectivity index (χ0n) is 24.9. The molecule has 1 aromatic carbocycles. The molecule has 3 amide bonds. The van der Waals surface area contributed by atoms with Gasteiger partial charge in [0.1, 0.15) is 24.1 Å². The van der Waals surface area contributed by atoms with E-state index in [4.69, 9.17) is 14.2 Å². The zero-order valence-corrected chi connectivity index (χ0v) is 24.9. The third-order valence-electron chi connectivity index (χ3n) is 8.48. The molecule has 7 atom stereocenters. The van der Waals surface area contributed by atoms with Gasteiger partial charge in [-0.1, -0.05) is 20.8 Å². The van der Waals surface area contributed by atoms with Gasteiger partial charge in [-0.05, 0) is 36.1 Å². The minimum absolute atomic E-state index is 0.00123. The van der Waals surface area contributed by atoms with Crippen molar-refractivity contribution in [2.45, 2.75) is 76.2 Å². The maximum absolute atomic E-state index is 13.9. The van der Waals surface area contributed by atoms with Crippen LogP contribution in [0.4, 0.5) is 0 Å². The summed E-state index contributed by atoms with van der Waals surface area (Å²) in [5.74, 6) is -0.0193. The van der Waals surface area contributed by atoms with Gasteiger partial charge in [0.2, 0.25) is 11.8 Å². The normalized spacial score (nSPS) is 33.0. The number of benzene rings is 1. The third kappa shape index (κ3) is 6.89. The molecule has 0 unspecified atom stereocenters. The van der Waals surface area contributed by atoms with Crippen molar-refractivity contribution in [2.75, 3.05) is 53.0 Å². The standard InChI is InChI=1S/C30H44N4O8/c1-30(2,3)17-34-13-19-11-22(34)29(39)32-9-10-41-21(14-32)15-33(28(38)18-5-7-20(40-4)8-6-18)16-24-27(37)26(36)23(42-24)12-25(35)31-19/h5-8,19,21-24,26-27,36-37H,9-17H2,1-4H3,(H,31,35)/t19-,21-,22-,23-,24+,26-,27+/m0/s1. The van der Waals surface area contributed by atoms with E-state index in [0.29, 0.717) is 50.5 Å². The Morgan fingerprint density at radius 1 is 1.05 bits per heavy atom. The SMILES string of the molecule is COc1ccc(C(=O)N2C[C@@H]3CN(CCO3)C(=O)[C@@H]3C[C@@H](CN3CC(C)(C)C)NC(=O)C[C@@H]3O[C@H](C2)[C@@H](O)[C@H]3O)cc1. The number of likely N-dealkylation sites (tertiary alicyclic amines) is 1. The lowest BCUT2D eigenvalue weighted by molar-refractivity contribution is -0.144. The van der Waals surface area contributed by atoms with Gasteiger partial charge in [-0.15, -0.1) is 0 Å². The molecule has 0 saturated carbocycles. The molecule has 6 bridgehead atoms. The lowest BCUT2D eigenvalue weighted by Crippen LogP contribution is -2.55. The van der Waals surface area contributed by atoms with Gasteiger partial charge in [0, 0.05) is 50.9 Å². The number of methoxy groups -OCH3 is 1. The number of amides is 3. The number of carbonyl (C=O) groups excluding carboxylic acids is 3. The number of nitrogens with zero attached hydrogens (tertiary/aromatic N) is 3. The highest BCUT2D eigenvalue weighted by atomic mass is 16.5. The Labute approximate surface area is 246 Å². The van der Waals surface area contributed by atoms with Crippen LogP contribution in [0.5, 0.6) is 5.75 Å². The van der Waals surface area contributed by atoms with Crippen molar-refractivity contribution in [1.29, 1.82) is 0 Å². The highest BCUT2D eigenvalue weighted by Crippen LogP contribution is 2.29. The summed E-state index contributed by atoms with van der Waals surface area (Å²) in [5, 5.41) is 24.7. The minimum Gasteiger partial charge on any atom is -0.497 e. The summed E-state index contributed by atoms with van der Waals surface area (Å²) in [7, 11) is 1.55. The molecule has 4 aliphatic heterocycles. The maximum atomic E-state index is 13.9. The number of aliphatic hydroxyl groups excluding tert-OH is 2. The van der Waals surface area contributed by atoms with Gasteiger partial charge in [-0.25, -0.2) is 0 Å². The van der Waals surface area contributed by atoms with Crippen LogP contribution in [-0.2, 0) is 19.1 Å². The Kier molecular flexibility index (Phi) is 9.10. The highest BCUT2D eigenvalue weighted by molar-refractivity contribution is 5.94. The Hall–Kier alpha value is -2.77. The number of aliphatic hydroxyl groups is 2. The van der Waals surface area contributed by atoms with Gasteiger partial charge in [-0.2, -0.15) is 0 Å². The summed E-state index contributed by atoms with van der Waals surface area (Å²) in [6, 6.07) is 6.09. The maximum Gasteiger partial charge on any atom is 0.254 e. The first kappa shape index (κ1) is 30.7. The molecule has 4 aliphatic rings. The fourth-order valence-corrected chi connectivity index (χ4v) is 6.52. The van der Waals surface area contributed by atoms with Crippen LogP contribution in [0.25, 0.3) is 0 Å². The Bertz CT molecular complexity index is 1140. The van der Waals surface area contributed by atoms with Gasteiger partial charge in [0.15, 0.2) is 0 Å². The molecular weight excluding hydrogens is 544 g/mol. The molecule has 3 N–H and O–H groups in total. The van der Waals surface area contributed by atoms with E-state index in [0.717, 1.165) is 0 Å². The predicted molar refractivity (Wildman–Crippen MR) is 152 cm³/mol. The van der Waals surface area contributed by atoms with Crippen LogP contribution in [0.2, 0.25) is 0 Å². The summed E-state index contributed by atoms with van der Waals surface area (Å²) in [5.41, 5.74) is 0.353. The Balaban J connectivity index is 1.43. The highest BCUT2D eigenvalue weighted by Gasteiger charge is 2.46. The van der Waals surface area contributed by atoms with E-state index in [1.54, 1.807) is 36.3 Å². The van der Waals surface area contributed by atoms with Crippen molar-refractivity contribution in [2.24, 2.45) is 5.41 Å². The topological polar surface area (TPSA) is 141 Å². The molecule has 0 aromatic heterocycles. The first-order valence-electron chi connectivity index (χ1n) is 14.8. The molecule has 12 nitrogen and oxygen atoms in total. The van der Waals surface area contributed by atoms with Crippen LogP contribution in [0, 0.1) is 5.41 Å². The molecule has 4 heterocycles. The molecule has 4 saturated heterocycles. The number of carbonyl (C=O) groups is 3. The van der Waals surface area contributed by atoms with Gasteiger partial charge in [0.05, 0.1) is 38.4 Å². The summed E-state index contributed by atoms with van der Waals surface area (Å²) in [4.78, 5) is 46.2. The minimum atomic E-state index is -1.29. The summed E-state index contributed by atoms with van der Waals surface area (Å²) in [6.07, 6.45) is -4.53. The Morgan fingerprint density at radius 2 is 1.76 bits per heavy atom. The van der Waals surface area contributed by atoms with Crippen LogP contribution >= 0.6 is 0 Å². The predicted octanol–water partition coefficient (Wildman–Crippen LogP) is -0.137. The van der Waals surface area contributed by atoms with Crippen molar-refractivity contribution in [1.82, 2.24) is 20.0 Å². The van der Waals surface area contributed by atoms with E-state index < -0.39 is 36.6 Å². The van der Waals surface area contributed by atoms with Gasteiger partial charge < -0.3 is 39.5 Å². The lowest BCUT2D eigenvalue weighted by Gasteiger charge is -2.39. The zero-order chi connectivity index (χ0) is 30.2. The fraction of sp³-hybridized carbons (Fsp3) is 0.700. The fourth-order valence-electron chi connectivity index (χ4n) is 6.52. The molecular formula is C30H44N4O8. The molecule has 232 valence electrons. The number of nitrogens with one attached hydrogen (secondary N) is 1. The Morgan fingerprint density at radius 3 is 2.45 bits per heavy atom. The second kappa shape index (κ2) is 12.5. The number of morpholine rings is 1. The van der Waals surface area contributed by atoms with E-state index in [1.807, 2.05) is 0 Å². The van der Waals surface area contributed by atoms with Crippen LogP contribution in [0.1, 0.15) is 44.0 Å². The van der Waals surface area contributed by atoms with E-state index in [2.05, 4.69) is 31.0 Å².